The zero-order chi connectivity index (χ0) is 22.1. The average Bonchev–Trinajstić information content (AvgIpc) is 3.34. The predicted octanol–water partition coefficient (Wildman–Crippen LogP) is 5.25. The number of benzene rings is 2. The molecule has 0 bridgehead atoms. The molecule has 166 valence electrons. The first-order chi connectivity index (χ1) is 15.6. The Balaban J connectivity index is 1.29. The maximum Gasteiger partial charge on any atom is 0.232 e. The Labute approximate surface area is 189 Å². The van der Waals surface area contributed by atoms with Gasteiger partial charge in [-0.3, -0.25) is 4.79 Å². The Morgan fingerprint density at radius 1 is 0.906 bits per heavy atom. The fraction of sp³-hybridized carbons (Fsp3) is 0.423. The molecule has 2 aromatic carbocycles. The maximum atomic E-state index is 12.7. The zero-order valence-corrected chi connectivity index (χ0v) is 18.9. The van der Waals surface area contributed by atoms with Crippen LogP contribution in [0.4, 0.5) is 11.4 Å². The molecule has 3 aromatic rings. The molecule has 1 atom stereocenters. The molecule has 2 aliphatic heterocycles. The predicted molar refractivity (Wildman–Crippen MR) is 126 cm³/mol. The molecule has 5 rings (SSSR count). The van der Waals surface area contributed by atoms with E-state index in [0.29, 0.717) is 24.7 Å². The summed E-state index contributed by atoms with van der Waals surface area (Å²) in [5.74, 6) is 1.14. The van der Waals surface area contributed by atoms with Crippen molar-refractivity contribution in [3.8, 4) is 11.4 Å². The normalized spacial score (nSPS) is 19.4. The van der Waals surface area contributed by atoms with Crippen molar-refractivity contribution in [1.82, 2.24) is 10.1 Å². The second-order valence-corrected chi connectivity index (χ2v) is 9.08. The third-order valence-electron chi connectivity index (χ3n) is 6.81. The minimum absolute atomic E-state index is 0.0817. The monoisotopic (exact) mass is 430 g/mol. The van der Waals surface area contributed by atoms with Gasteiger partial charge in [-0.05, 0) is 74.2 Å². The molecule has 0 aliphatic carbocycles. The van der Waals surface area contributed by atoms with Crippen molar-refractivity contribution >= 4 is 17.3 Å². The van der Waals surface area contributed by atoms with E-state index in [1.807, 2.05) is 11.0 Å². The van der Waals surface area contributed by atoms with Gasteiger partial charge in [0.1, 0.15) is 0 Å². The molecule has 1 amide bonds. The molecule has 2 fully saturated rings. The standard InChI is InChI=1S/C26H30N4O2/c1-18-7-10-23(15-19(18)2)30-17-21(16-24(30)31)26-27-25(28-32-26)20-8-11-22(12-9-20)29-13-5-3-4-6-14-29/h7-12,15,21H,3-6,13-14,16-17H2,1-2H3/t21-/m0/s1. The number of hydrogen-bond donors (Lipinski definition) is 0. The Hall–Kier alpha value is -3.15. The van der Waals surface area contributed by atoms with Crippen LogP contribution < -0.4 is 9.80 Å². The first kappa shape index (κ1) is 20.7. The summed E-state index contributed by atoms with van der Waals surface area (Å²) in [6.07, 6.45) is 5.56. The lowest BCUT2D eigenvalue weighted by molar-refractivity contribution is -0.117. The number of nitrogens with zero attached hydrogens (tertiary/aromatic N) is 4. The zero-order valence-electron chi connectivity index (χ0n) is 18.9. The smallest absolute Gasteiger partial charge is 0.232 e. The highest BCUT2D eigenvalue weighted by atomic mass is 16.5. The molecule has 6 heteroatoms. The number of hydrogen-bond acceptors (Lipinski definition) is 5. The molecule has 3 heterocycles. The van der Waals surface area contributed by atoms with E-state index in [1.165, 1.54) is 42.5 Å². The number of carbonyl (C=O) groups is 1. The van der Waals surface area contributed by atoms with E-state index >= 15 is 0 Å². The average molecular weight is 431 g/mol. The van der Waals surface area contributed by atoms with Crippen molar-refractivity contribution in [2.75, 3.05) is 29.4 Å². The van der Waals surface area contributed by atoms with E-state index in [1.54, 1.807) is 0 Å². The van der Waals surface area contributed by atoms with Gasteiger partial charge in [-0.2, -0.15) is 4.98 Å². The highest BCUT2D eigenvalue weighted by Gasteiger charge is 2.35. The first-order valence-corrected chi connectivity index (χ1v) is 11.6. The van der Waals surface area contributed by atoms with Crippen LogP contribution in [0.5, 0.6) is 0 Å². The summed E-state index contributed by atoms with van der Waals surface area (Å²) in [5, 5.41) is 4.21. The van der Waals surface area contributed by atoms with Crippen molar-refractivity contribution in [1.29, 1.82) is 0 Å². The summed E-state index contributed by atoms with van der Waals surface area (Å²) < 4.78 is 5.59. The van der Waals surface area contributed by atoms with Gasteiger partial charge in [0.05, 0.1) is 5.92 Å². The molecule has 1 aromatic heterocycles. The van der Waals surface area contributed by atoms with Crippen LogP contribution in [0.15, 0.2) is 47.0 Å². The van der Waals surface area contributed by atoms with Crippen LogP contribution >= 0.6 is 0 Å². The van der Waals surface area contributed by atoms with Crippen LogP contribution in [-0.4, -0.2) is 35.7 Å². The minimum Gasteiger partial charge on any atom is -0.372 e. The van der Waals surface area contributed by atoms with Gasteiger partial charge in [0, 0.05) is 43.0 Å². The summed E-state index contributed by atoms with van der Waals surface area (Å²) >= 11 is 0. The van der Waals surface area contributed by atoms with Crippen molar-refractivity contribution < 1.29 is 9.32 Å². The quantitative estimate of drug-likeness (QED) is 0.565. The third kappa shape index (κ3) is 4.14. The molecule has 0 saturated carbocycles. The summed E-state index contributed by atoms with van der Waals surface area (Å²) in [4.78, 5) is 21.6. The van der Waals surface area contributed by atoms with Crippen LogP contribution in [-0.2, 0) is 4.79 Å². The number of aryl methyl sites for hydroxylation is 2. The van der Waals surface area contributed by atoms with E-state index in [2.05, 4.69) is 65.3 Å². The van der Waals surface area contributed by atoms with Crippen LogP contribution in [0.25, 0.3) is 11.4 Å². The Morgan fingerprint density at radius 2 is 1.62 bits per heavy atom. The van der Waals surface area contributed by atoms with Gasteiger partial charge < -0.3 is 14.3 Å². The van der Waals surface area contributed by atoms with Crippen molar-refractivity contribution in [3.05, 3.63) is 59.5 Å². The van der Waals surface area contributed by atoms with Gasteiger partial charge in [0.15, 0.2) is 0 Å². The van der Waals surface area contributed by atoms with E-state index in [-0.39, 0.29) is 11.8 Å². The Bertz CT molecular complexity index is 1100. The lowest BCUT2D eigenvalue weighted by Gasteiger charge is -2.22. The lowest BCUT2D eigenvalue weighted by atomic mass is 10.1. The Morgan fingerprint density at radius 3 is 2.34 bits per heavy atom. The van der Waals surface area contributed by atoms with Gasteiger partial charge in [-0.15, -0.1) is 0 Å². The topological polar surface area (TPSA) is 62.5 Å². The molecule has 2 saturated heterocycles. The van der Waals surface area contributed by atoms with Crippen LogP contribution in [0.3, 0.4) is 0 Å². The van der Waals surface area contributed by atoms with Crippen LogP contribution in [0, 0.1) is 13.8 Å². The number of carbonyl (C=O) groups excluding carboxylic acids is 1. The molecule has 0 N–H and O–H groups in total. The SMILES string of the molecule is Cc1ccc(N2C[C@@H](c3nc(-c4ccc(N5CCCCCC5)cc4)no3)CC2=O)cc1C. The van der Waals surface area contributed by atoms with Crippen molar-refractivity contribution in [2.45, 2.75) is 51.9 Å². The number of anilines is 2. The molecule has 0 unspecified atom stereocenters. The summed E-state index contributed by atoms with van der Waals surface area (Å²) in [7, 11) is 0. The fourth-order valence-corrected chi connectivity index (χ4v) is 4.68. The molecule has 2 aliphatic rings. The van der Waals surface area contributed by atoms with E-state index in [9.17, 15) is 4.79 Å². The molecule has 6 nitrogen and oxygen atoms in total. The Kier molecular flexibility index (Phi) is 5.68. The number of amides is 1. The second kappa shape index (κ2) is 8.77. The molecule has 32 heavy (non-hydrogen) atoms. The summed E-state index contributed by atoms with van der Waals surface area (Å²) in [6.45, 7) is 6.96. The molecule has 0 spiro atoms. The van der Waals surface area contributed by atoms with Crippen molar-refractivity contribution in [2.24, 2.45) is 0 Å². The highest BCUT2D eigenvalue weighted by molar-refractivity contribution is 5.96. The van der Waals surface area contributed by atoms with Crippen LogP contribution in [0.1, 0.15) is 55.0 Å². The number of aromatic nitrogens is 2. The first-order valence-electron chi connectivity index (χ1n) is 11.6. The van der Waals surface area contributed by atoms with E-state index in [0.717, 1.165) is 24.3 Å². The van der Waals surface area contributed by atoms with Gasteiger partial charge >= 0.3 is 0 Å². The molecule has 0 radical (unpaired) electrons. The van der Waals surface area contributed by atoms with Crippen LogP contribution in [0.2, 0.25) is 0 Å². The highest BCUT2D eigenvalue weighted by Crippen LogP contribution is 2.33. The summed E-state index contributed by atoms with van der Waals surface area (Å²) in [6, 6.07) is 14.6. The molecular weight excluding hydrogens is 400 g/mol. The van der Waals surface area contributed by atoms with E-state index < -0.39 is 0 Å². The minimum atomic E-state index is -0.0817. The maximum absolute atomic E-state index is 12.7. The third-order valence-corrected chi connectivity index (χ3v) is 6.81. The van der Waals surface area contributed by atoms with Gasteiger partial charge in [0.2, 0.25) is 17.6 Å². The fourth-order valence-electron chi connectivity index (χ4n) is 4.68. The summed E-state index contributed by atoms with van der Waals surface area (Å²) in [5.41, 5.74) is 5.53. The van der Waals surface area contributed by atoms with Crippen molar-refractivity contribution in [3.63, 3.8) is 0 Å². The lowest BCUT2D eigenvalue weighted by Crippen LogP contribution is -2.24. The number of rotatable bonds is 4. The second-order valence-electron chi connectivity index (χ2n) is 9.08. The van der Waals surface area contributed by atoms with Gasteiger partial charge in [-0.25, -0.2) is 0 Å². The van der Waals surface area contributed by atoms with E-state index in [4.69, 9.17) is 4.52 Å². The van der Waals surface area contributed by atoms with Gasteiger partial charge in [-0.1, -0.05) is 24.1 Å². The van der Waals surface area contributed by atoms with Gasteiger partial charge in [0.25, 0.3) is 0 Å². The largest absolute Gasteiger partial charge is 0.372 e. The molecular formula is C26H30N4O2.